The maximum atomic E-state index is 12.3. The van der Waals surface area contributed by atoms with Gasteiger partial charge in [0, 0.05) is 12.8 Å². The number of nitrogens with one attached hydrogen (secondary N) is 2. The van der Waals surface area contributed by atoms with E-state index < -0.39 is 5.97 Å². The average molecular weight is 308 g/mol. The van der Waals surface area contributed by atoms with Gasteiger partial charge in [0.25, 0.3) is 5.56 Å². The minimum atomic E-state index is -0.415. The van der Waals surface area contributed by atoms with Crippen LogP contribution < -0.4 is 10.5 Å². The lowest BCUT2D eigenvalue weighted by molar-refractivity contribution is -0.902. The van der Waals surface area contributed by atoms with E-state index in [0.29, 0.717) is 26.5 Å². The van der Waals surface area contributed by atoms with E-state index in [1.54, 1.807) is 6.92 Å². The van der Waals surface area contributed by atoms with Crippen LogP contribution in [0.15, 0.2) is 4.79 Å². The molecule has 0 radical (unpaired) electrons. The number of aromatic nitrogens is 2. The maximum absolute atomic E-state index is 12.3. The highest BCUT2D eigenvalue weighted by Crippen LogP contribution is 2.27. The lowest BCUT2D eigenvalue weighted by Gasteiger charge is -2.10. The van der Waals surface area contributed by atoms with Gasteiger partial charge in [-0.2, -0.15) is 0 Å². The number of carbonyl (C=O) groups excluding carboxylic acids is 1. The van der Waals surface area contributed by atoms with E-state index >= 15 is 0 Å². The molecule has 21 heavy (non-hydrogen) atoms. The second-order valence-electron chi connectivity index (χ2n) is 5.37. The summed E-state index contributed by atoms with van der Waals surface area (Å²) in [5, 5.41) is 0.501. The highest BCUT2D eigenvalue weighted by atomic mass is 32.1. The van der Waals surface area contributed by atoms with E-state index in [9.17, 15) is 9.59 Å². The monoisotopic (exact) mass is 308 g/mol. The van der Waals surface area contributed by atoms with E-state index in [2.05, 4.69) is 9.97 Å². The Bertz CT molecular complexity index is 744. The van der Waals surface area contributed by atoms with Crippen molar-refractivity contribution < 1.29 is 14.4 Å². The molecule has 7 heteroatoms. The van der Waals surface area contributed by atoms with Crippen LogP contribution in [0.3, 0.4) is 0 Å². The van der Waals surface area contributed by atoms with Crippen molar-refractivity contribution in [3.63, 3.8) is 0 Å². The topological polar surface area (TPSA) is 76.5 Å². The summed E-state index contributed by atoms with van der Waals surface area (Å²) in [5.74, 6) is 0.281. The molecule has 0 atom stereocenters. The molecule has 2 N–H and O–H groups in total. The maximum Gasteiger partial charge on any atom is 0.348 e. The molecule has 0 saturated carbocycles. The predicted octanol–water partition coefficient (Wildman–Crippen LogP) is 0.258. The van der Waals surface area contributed by atoms with Gasteiger partial charge >= 0.3 is 5.97 Å². The highest BCUT2D eigenvalue weighted by molar-refractivity contribution is 7.20. The summed E-state index contributed by atoms with van der Waals surface area (Å²) in [6, 6.07) is 0. The van der Waals surface area contributed by atoms with Crippen LogP contribution in [0.1, 0.15) is 33.9 Å². The number of hydrogen-bond donors (Lipinski definition) is 2. The molecule has 112 valence electrons. The van der Waals surface area contributed by atoms with Crippen molar-refractivity contribution in [1.29, 1.82) is 0 Å². The first kappa shape index (κ1) is 14.2. The second kappa shape index (κ2) is 5.57. The fourth-order valence-corrected chi connectivity index (χ4v) is 3.97. The average Bonchev–Trinajstić information content (AvgIpc) is 3.06. The van der Waals surface area contributed by atoms with Crippen LogP contribution in [-0.2, 0) is 11.3 Å². The molecule has 1 fully saturated rings. The van der Waals surface area contributed by atoms with Crippen LogP contribution in [0.4, 0.5) is 0 Å². The lowest BCUT2D eigenvalue weighted by atomic mass is 10.2. The molecule has 0 spiro atoms. The molecule has 1 saturated heterocycles. The Kier molecular flexibility index (Phi) is 3.77. The van der Waals surface area contributed by atoms with E-state index in [1.165, 1.54) is 36.2 Å². The normalized spacial score (nSPS) is 15.7. The number of nitrogens with zero attached hydrogens (tertiary/aromatic N) is 1. The first-order valence-electron chi connectivity index (χ1n) is 7.04. The SMILES string of the molecule is COC(=O)c1sc2nc(C[NH+]3CCCC3)[nH]c(=O)c2c1C. The molecule has 1 aliphatic rings. The smallest absolute Gasteiger partial charge is 0.348 e. The van der Waals surface area contributed by atoms with Crippen LogP contribution in [0, 0.1) is 6.92 Å². The third-order valence-electron chi connectivity index (χ3n) is 3.95. The van der Waals surface area contributed by atoms with Crippen molar-refractivity contribution in [2.75, 3.05) is 20.2 Å². The zero-order valence-electron chi connectivity index (χ0n) is 12.1. The van der Waals surface area contributed by atoms with Crippen molar-refractivity contribution in [2.45, 2.75) is 26.3 Å². The molecule has 3 heterocycles. The molecular formula is C14H18N3O3S+. The molecule has 3 rings (SSSR count). The number of likely N-dealkylation sites (tertiary alicyclic amines) is 1. The Hall–Kier alpha value is -1.73. The number of hydrogen-bond acceptors (Lipinski definition) is 5. The van der Waals surface area contributed by atoms with Crippen molar-refractivity contribution in [1.82, 2.24) is 9.97 Å². The number of esters is 1. The summed E-state index contributed by atoms with van der Waals surface area (Å²) in [5.41, 5.74) is 0.480. The van der Waals surface area contributed by atoms with Gasteiger partial charge in [0.15, 0.2) is 5.82 Å². The minimum absolute atomic E-state index is 0.169. The van der Waals surface area contributed by atoms with Crippen molar-refractivity contribution in [2.24, 2.45) is 0 Å². The molecule has 0 aliphatic carbocycles. The minimum Gasteiger partial charge on any atom is -0.465 e. The van der Waals surface area contributed by atoms with Crippen molar-refractivity contribution in [3.05, 3.63) is 26.6 Å². The largest absolute Gasteiger partial charge is 0.465 e. The third kappa shape index (κ3) is 2.58. The van der Waals surface area contributed by atoms with Gasteiger partial charge < -0.3 is 14.6 Å². The molecule has 2 aromatic rings. The van der Waals surface area contributed by atoms with Gasteiger partial charge in [0.2, 0.25) is 0 Å². The summed E-state index contributed by atoms with van der Waals surface area (Å²) < 4.78 is 4.75. The number of fused-ring (bicyclic) bond motifs is 1. The van der Waals surface area contributed by atoms with Gasteiger partial charge in [0.05, 0.1) is 25.6 Å². The zero-order chi connectivity index (χ0) is 15.0. The van der Waals surface area contributed by atoms with Crippen LogP contribution >= 0.6 is 11.3 Å². The summed E-state index contributed by atoms with van der Waals surface area (Å²) in [7, 11) is 1.34. The van der Waals surface area contributed by atoms with Gasteiger partial charge in [-0.3, -0.25) is 4.79 Å². The van der Waals surface area contributed by atoms with Crippen LogP contribution in [0.2, 0.25) is 0 Å². The number of carbonyl (C=O) groups is 1. The van der Waals surface area contributed by atoms with Gasteiger partial charge in [-0.05, 0) is 12.5 Å². The van der Waals surface area contributed by atoms with Gasteiger partial charge in [-0.15, -0.1) is 11.3 Å². The Labute approximate surface area is 125 Å². The van der Waals surface area contributed by atoms with Gasteiger partial charge in [-0.1, -0.05) is 0 Å². The number of methoxy groups -OCH3 is 1. The molecule has 0 bridgehead atoms. The Morgan fingerprint density at radius 1 is 1.43 bits per heavy atom. The number of quaternary nitrogens is 1. The van der Waals surface area contributed by atoms with E-state index in [1.807, 2.05) is 0 Å². The molecule has 6 nitrogen and oxygen atoms in total. The standard InChI is InChI=1S/C14H17N3O3S/c1-8-10-12(18)15-9(7-17-5-3-4-6-17)16-13(10)21-11(8)14(19)20-2/h3-7H2,1-2H3,(H,15,16,18)/p+1. The number of rotatable bonds is 3. The fourth-order valence-electron chi connectivity index (χ4n) is 2.85. The van der Waals surface area contributed by atoms with Crippen molar-refractivity contribution in [3.8, 4) is 0 Å². The Balaban J connectivity index is 2.03. The summed E-state index contributed by atoms with van der Waals surface area (Å²) in [6.45, 7) is 4.74. The van der Waals surface area contributed by atoms with Crippen LogP contribution in [0.5, 0.6) is 0 Å². The number of aryl methyl sites for hydroxylation is 1. The quantitative estimate of drug-likeness (QED) is 0.798. The number of H-pyrrole nitrogens is 1. The fraction of sp³-hybridized carbons (Fsp3) is 0.500. The summed E-state index contributed by atoms with van der Waals surface area (Å²) >= 11 is 1.23. The van der Waals surface area contributed by atoms with Gasteiger partial charge in [-0.25, -0.2) is 9.78 Å². The molecule has 1 aliphatic heterocycles. The Morgan fingerprint density at radius 3 is 2.81 bits per heavy atom. The second-order valence-corrected chi connectivity index (χ2v) is 6.37. The van der Waals surface area contributed by atoms with E-state index in [4.69, 9.17) is 4.74 Å². The Morgan fingerprint density at radius 2 is 2.14 bits per heavy atom. The van der Waals surface area contributed by atoms with Crippen LogP contribution in [-0.4, -0.2) is 36.1 Å². The third-order valence-corrected chi connectivity index (χ3v) is 5.11. The van der Waals surface area contributed by atoms with Gasteiger partial charge in [0.1, 0.15) is 16.3 Å². The molecule has 0 aromatic carbocycles. The molecule has 0 unspecified atom stereocenters. The molecular weight excluding hydrogens is 290 g/mol. The molecule has 2 aromatic heterocycles. The first-order chi connectivity index (χ1) is 10.1. The zero-order valence-corrected chi connectivity index (χ0v) is 12.9. The van der Waals surface area contributed by atoms with E-state index in [0.717, 1.165) is 19.6 Å². The van der Waals surface area contributed by atoms with E-state index in [-0.39, 0.29) is 5.56 Å². The number of aromatic amines is 1. The first-order valence-corrected chi connectivity index (χ1v) is 7.86. The molecule has 0 amide bonds. The predicted molar refractivity (Wildman–Crippen MR) is 80.0 cm³/mol. The lowest BCUT2D eigenvalue weighted by Crippen LogP contribution is -3.08. The van der Waals surface area contributed by atoms with Crippen molar-refractivity contribution >= 4 is 27.5 Å². The number of ether oxygens (including phenoxy) is 1. The number of thiophene rings is 1. The summed E-state index contributed by atoms with van der Waals surface area (Å²) in [4.78, 5) is 33.9. The van der Waals surface area contributed by atoms with Crippen LogP contribution in [0.25, 0.3) is 10.2 Å². The summed E-state index contributed by atoms with van der Waals surface area (Å²) in [6.07, 6.45) is 2.46. The highest BCUT2D eigenvalue weighted by Gasteiger charge is 2.21.